The molecule has 0 radical (unpaired) electrons. The maximum atomic E-state index is 13.9. The average Bonchev–Trinajstić information content (AvgIpc) is 2.36. The minimum Gasteiger partial charge on any atom is -0.320 e. The second-order valence-corrected chi connectivity index (χ2v) is 6.10. The summed E-state index contributed by atoms with van der Waals surface area (Å²) in [5.74, 6) is -2.89. The summed E-state index contributed by atoms with van der Waals surface area (Å²) in [4.78, 5) is 0. The fourth-order valence-electron chi connectivity index (χ4n) is 2.46. The first-order chi connectivity index (χ1) is 9.71. The molecule has 1 unspecified atom stereocenters. The van der Waals surface area contributed by atoms with E-state index in [2.05, 4.69) is 0 Å². The van der Waals surface area contributed by atoms with Crippen LogP contribution >= 0.6 is 0 Å². The van der Waals surface area contributed by atoms with Gasteiger partial charge in [0, 0.05) is 17.7 Å². The van der Waals surface area contributed by atoms with Crippen LogP contribution in [-0.2, 0) is 5.41 Å². The summed E-state index contributed by atoms with van der Waals surface area (Å²) in [5.41, 5.74) is 7.07. The smallest absolute Gasteiger partial charge is 0.134 e. The maximum absolute atomic E-state index is 13.9. The quantitative estimate of drug-likeness (QED) is 0.869. The van der Waals surface area contributed by atoms with E-state index in [-0.39, 0.29) is 11.0 Å². The summed E-state index contributed by atoms with van der Waals surface area (Å²) in [5, 5.41) is 0. The Morgan fingerprint density at radius 3 is 2.00 bits per heavy atom. The molecule has 0 aliphatic carbocycles. The molecule has 0 saturated heterocycles. The predicted octanol–water partition coefficient (Wildman–Crippen LogP) is 4.45. The Hall–Kier alpha value is -1.81. The fourth-order valence-corrected chi connectivity index (χ4v) is 2.46. The highest BCUT2D eigenvalue weighted by Gasteiger charge is 2.25. The van der Waals surface area contributed by atoms with Gasteiger partial charge in [0.25, 0.3) is 0 Å². The van der Waals surface area contributed by atoms with Gasteiger partial charge < -0.3 is 5.73 Å². The van der Waals surface area contributed by atoms with Crippen LogP contribution in [0.15, 0.2) is 36.4 Å². The van der Waals surface area contributed by atoms with Crippen LogP contribution in [0.3, 0.4) is 0 Å². The molecule has 0 aliphatic heterocycles. The molecule has 0 amide bonds. The molecule has 0 aromatic heterocycles. The largest absolute Gasteiger partial charge is 0.320 e. The molecule has 112 valence electrons. The molecule has 0 saturated carbocycles. The van der Waals surface area contributed by atoms with Crippen LogP contribution in [0.5, 0.6) is 0 Å². The van der Waals surface area contributed by atoms with Gasteiger partial charge in [0.15, 0.2) is 0 Å². The van der Waals surface area contributed by atoms with Crippen molar-refractivity contribution in [1.82, 2.24) is 0 Å². The van der Waals surface area contributed by atoms with Crippen LogP contribution in [0, 0.1) is 17.5 Å². The number of hydrogen-bond acceptors (Lipinski definition) is 1. The maximum Gasteiger partial charge on any atom is 0.134 e. The molecule has 2 aromatic carbocycles. The van der Waals surface area contributed by atoms with E-state index >= 15 is 0 Å². The van der Waals surface area contributed by atoms with E-state index in [1.807, 2.05) is 32.9 Å². The van der Waals surface area contributed by atoms with Crippen LogP contribution in [0.2, 0.25) is 0 Å². The van der Waals surface area contributed by atoms with Gasteiger partial charge in [-0.15, -0.1) is 0 Å². The fraction of sp³-hybridized carbons (Fsp3) is 0.294. The summed E-state index contributed by atoms with van der Waals surface area (Å²) in [6.07, 6.45) is 0. The number of rotatable bonds is 2. The normalized spacial score (nSPS) is 13.3. The van der Waals surface area contributed by atoms with Crippen molar-refractivity contribution in [2.24, 2.45) is 5.73 Å². The third kappa shape index (κ3) is 3.10. The first-order valence-corrected chi connectivity index (χ1v) is 6.71. The predicted molar refractivity (Wildman–Crippen MR) is 77.5 cm³/mol. The lowest BCUT2D eigenvalue weighted by Gasteiger charge is -2.26. The molecule has 21 heavy (non-hydrogen) atoms. The molecule has 2 rings (SSSR count). The van der Waals surface area contributed by atoms with Crippen molar-refractivity contribution < 1.29 is 13.2 Å². The lowest BCUT2D eigenvalue weighted by atomic mass is 9.80. The molecule has 0 bridgehead atoms. The van der Waals surface area contributed by atoms with Gasteiger partial charge in [-0.3, -0.25) is 0 Å². The van der Waals surface area contributed by atoms with Gasteiger partial charge >= 0.3 is 0 Å². The monoisotopic (exact) mass is 293 g/mol. The van der Waals surface area contributed by atoms with Crippen LogP contribution in [0.4, 0.5) is 13.2 Å². The standard InChI is InChI=1S/C17H18F3N/c1-17(2,3)12-7-5-4-6-11(12)16(21)15-13(19)8-10(18)9-14(15)20/h4-9,16H,21H2,1-3H3. The van der Waals surface area contributed by atoms with Crippen molar-refractivity contribution in [3.05, 3.63) is 70.5 Å². The molecular weight excluding hydrogens is 275 g/mol. The third-order valence-electron chi connectivity index (χ3n) is 3.46. The van der Waals surface area contributed by atoms with Crippen molar-refractivity contribution in [2.45, 2.75) is 32.2 Å². The van der Waals surface area contributed by atoms with E-state index in [1.165, 1.54) is 0 Å². The van der Waals surface area contributed by atoms with Gasteiger partial charge in [0.05, 0.1) is 6.04 Å². The van der Waals surface area contributed by atoms with Gasteiger partial charge in [-0.25, -0.2) is 13.2 Å². The number of halogens is 3. The Labute approximate surface area is 122 Å². The first-order valence-electron chi connectivity index (χ1n) is 6.71. The molecule has 0 heterocycles. The molecule has 0 aliphatic rings. The number of nitrogens with two attached hydrogens (primary N) is 1. The van der Waals surface area contributed by atoms with Crippen LogP contribution in [0.1, 0.15) is 43.5 Å². The summed E-state index contributed by atoms with van der Waals surface area (Å²) in [6.45, 7) is 5.99. The minimum atomic E-state index is -0.985. The molecule has 0 fully saturated rings. The number of benzene rings is 2. The average molecular weight is 293 g/mol. The highest BCUT2D eigenvalue weighted by atomic mass is 19.1. The van der Waals surface area contributed by atoms with E-state index in [9.17, 15) is 13.2 Å². The van der Waals surface area contributed by atoms with Gasteiger partial charge in [-0.1, -0.05) is 45.0 Å². The Morgan fingerprint density at radius 1 is 0.952 bits per heavy atom. The van der Waals surface area contributed by atoms with Crippen molar-refractivity contribution in [2.75, 3.05) is 0 Å². The summed E-state index contributed by atoms with van der Waals surface area (Å²) in [7, 11) is 0. The molecule has 2 aromatic rings. The topological polar surface area (TPSA) is 26.0 Å². The van der Waals surface area contributed by atoms with Gasteiger partial charge in [0.2, 0.25) is 0 Å². The van der Waals surface area contributed by atoms with Gasteiger partial charge in [-0.2, -0.15) is 0 Å². The van der Waals surface area contributed by atoms with E-state index in [0.717, 1.165) is 5.56 Å². The molecule has 0 spiro atoms. The Morgan fingerprint density at radius 2 is 1.48 bits per heavy atom. The Bertz CT molecular complexity index is 636. The number of hydrogen-bond donors (Lipinski definition) is 1. The molecule has 2 N–H and O–H groups in total. The van der Waals surface area contributed by atoms with E-state index in [1.54, 1.807) is 12.1 Å². The second kappa shape index (κ2) is 5.53. The Kier molecular flexibility index (Phi) is 4.10. The molecule has 1 atom stereocenters. The van der Waals surface area contributed by atoms with E-state index in [4.69, 9.17) is 5.73 Å². The molecular formula is C17H18F3N. The third-order valence-corrected chi connectivity index (χ3v) is 3.46. The van der Waals surface area contributed by atoms with Gasteiger partial charge in [0.1, 0.15) is 17.5 Å². The SMILES string of the molecule is CC(C)(C)c1ccccc1C(N)c1c(F)cc(F)cc1F. The first kappa shape index (κ1) is 15.6. The lowest BCUT2D eigenvalue weighted by molar-refractivity contribution is 0.510. The summed E-state index contributed by atoms with van der Waals surface area (Å²) in [6, 6.07) is 7.57. The zero-order chi connectivity index (χ0) is 15.8. The minimum absolute atomic E-state index is 0.221. The van der Waals surface area contributed by atoms with Crippen molar-refractivity contribution in [3.63, 3.8) is 0 Å². The molecule has 4 heteroatoms. The zero-order valence-electron chi connectivity index (χ0n) is 12.3. The van der Waals surface area contributed by atoms with Crippen LogP contribution in [0.25, 0.3) is 0 Å². The van der Waals surface area contributed by atoms with E-state index < -0.39 is 23.5 Å². The van der Waals surface area contributed by atoms with E-state index in [0.29, 0.717) is 17.7 Å². The van der Waals surface area contributed by atoms with Crippen LogP contribution < -0.4 is 5.73 Å². The highest BCUT2D eigenvalue weighted by molar-refractivity contribution is 5.41. The Balaban J connectivity index is 2.59. The lowest BCUT2D eigenvalue weighted by Crippen LogP contribution is -2.22. The highest BCUT2D eigenvalue weighted by Crippen LogP contribution is 2.33. The van der Waals surface area contributed by atoms with Crippen molar-refractivity contribution in [3.8, 4) is 0 Å². The second-order valence-electron chi connectivity index (χ2n) is 6.10. The summed E-state index contributed by atoms with van der Waals surface area (Å²) < 4.78 is 40.9. The van der Waals surface area contributed by atoms with Gasteiger partial charge in [-0.05, 0) is 16.5 Å². The van der Waals surface area contributed by atoms with Crippen LogP contribution in [-0.4, -0.2) is 0 Å². The van der Waals surface area contributed by atoms with Crippen molar-refractivity contribution >= 4 is 0 Å². The molecule has 1 nitrogen and oxygen atoms in total. The summed E-state index contributed by atoms with van der Waals surface area (Å²) >= 11 is 0. The zero-order valence-corrected chi connectivity index (χ0v) is 12.3. The van der Waals surface area contributed by atoms with Crippen molar-refractivity contribution in [1.29, 1.82) is 0 Å².